The second-order valence-corrected chi connectivity index (χ2v) is 7.99. The summed E-state index contributed by atoms with van der Waals surface area (Å²) in [4.78, 5) is 59.2. The van der Waals surface area contributed by atoms with Crippen LogP contribution in [0.5, 0.6) is 0 Å². The summed E-state index contributed by atoms with van der Waals surface area (Å²) in [6, 6.07) is 6.13. The van der Waals surface area contributed by atoms with Gasteiger partial charge in [-0.15, -0.1) is 0 Å². The third kappa shape index (κ3) is 12.0. The second kappa shape index (κ2) is 14.8. The average molecular weight is 494 g/mol. The molecule has 1 aromatic rings. The van der Waals surface area contributed by atoms with Crippen molar-refractivity contribution in [2.24, 2.45) is 16.8 Å². The number of hydrazone groups is 1. The van der Waals surface area contributed by atoms with Crippen LogP contribution in [0, 0.1) is 16.0 Å². The fourth-order valence-electron chi connectivity index (χ4n) is 3.01. The third-order valence-corrected chi connectivity index (χ3v) is 4.58. The van der Waals surface area contributed by atoms with Crippen LogP contribution in [-0.2, 0) is 14.4 Å². The zero-order valence-corrected chi connectivity index (χ0v) is 19.5. The summed E-state index contributed by atoms with van der Waals surface area (Å²) in [6.45, 7) is 3.20. The number of rotatable bonds is 14. The Morgan fingerprint density at radius 1 is 1.06 bits per heavy atom. The van der Waals surface area contributed by atoms with Gasteiger partial charge in [-0.05, 0) is 37.3 Å². The number of hydrogen-bond donors (Lipinski definition) is 6. The number of carboxylic acid groups (broad SMARTS) is 1. The van der Waals surface area contributed by atoms with E-state index < -0.39 is 53.3 Å². The molecule has 0 unspecified atom stereocenters. The fraction of sp³-hybridized carbons (Fsp3) is 0.476. The highest BCUT2D eigenvalue weighted by molar-refractivity contribution is 5.98. The van der Waals surface area contributed by atoms with Gasteiger partial charge in [0.15, 0.2) is 5.03 Å². The van der Waals surface area contributed by atoms with Crippen molar-refractivity contribution in [2.75, 3.05) is 13.1 Å². The number of carbonyl (C=O) groups is 4. The van der Waals surface area contributed by atoms with Gasteiger partial charge in [-0.25, -0.2) is 10.1 Å². The maximum absolute atomic E-state index is 13.0. The van der Waals surface area contributed by atoms with Gasteiger partial charge in [0.25, 0.3) is 11.9 Å². The van der Waals surface area contributed by atoms with Gasteiger partial charge in [-0.3, -0.25) is 19.2 Å². The van der Waals surface area contributed by atoms with E-state index >= 15 is 0 Å². The van der Waals surface area contributed by atoms with E-state index in [1.54, 1.807) is 30.3 Å². The molecule has 0 radical (unpaired) electrons. The van der Waals surface area contributed by atoms with Crippen LogP contribution >= 0.6 is 0 Å². The summed E-state index contributed by atoms with van der Waals surface area (Å²) in [5, 5.41) is 31.1. The Kier molecular flexibility index (Phi) is 12.2. The minimum absolute atomic E-state index is 0.00120. The molecule has 0 heterocycles. The van der Waals surface area contributed by atoms with Gasteiger partial charge in [0.1, 0.15) is 23.7 Å². The van der Waals surface area contributed by atoms with E-state index in [0.29, 0.717) is 5.56 Å². The number of aliphatic carboxylic acids is 1. The molecule has 0 aliphatic carbocycles. The maximum atomic E-state index is 13.0. The molecule has 2 atom stereocenters. The summed E-state index contributed by atoms with van der Waals surface area (Å²) < 4.78 is 0. The molecule has 192 valence electrons. The quantitative estimate of drug-likeness (QED) is 0.0639. The first kappa shape index (κ1) is 28.8. The summed E-state index contributed by atoms with van der Waals surface area (Å²) in [6.07, 6.45) is 0.613. The van der Waals surface area contributed by atoms with Gasteiger partial charge < -0.3 is 32.1 Å². The molecule has 0 aliphatic heterocycles. The van der Waals surface area contributed by atoms with Gasteiger partial charge >= 0.3 is 5.97 Å². The SMILES string of the molecule is CC(C)C[C@H](NC(=O)[C@H](CCCN/C(N)=N/[N+](=O)[O-])NC(=O)c1ccccc1)C(=O)NCC(=O)O. The predicted molar refractivity (Wildman–Crippen MR) is 126 cm³/mol. The smallest absolute Gasteiger partial charge is 0.322 e. The van der Waals surface area contributed by atoms with Crippen LogP contribution in [0.1, 0.15) is 43.5 Å². The molecule has 0 saturated heterocycles. The number of nitrogens with two attached hydrogens (primary N) is 1. The molecule has 0 fully saturated rings. The molecule has 0 bridgehead atoms. The molecular weight excluding hydrogens is 462 g/mol. The lowest BCUT2D eigenvalue weighted by Gasteiger charge is -2.24. The predicted octanol–water partition coefficient (Wildman–Crippen LogP) is -0.607. The Morgan fingerprint density at radius 2 is 1.71 bits per heavy atom. The zero-order valence-electron chi connectivity index (χ0n) is 19.5. The lowest BCUT2D eigenvalue weighted by Crippen LogP contribution is -2.54. The van der Waals surface area contributed by atoms with Crippen LogP contribution in [-0.4, -0.2) is 65.0 Å². The van der Waals surface area contributed by atoms with E-state index in [1.165, 1.54) is 0 Å². The topological polar surface area (TPSA) is 218 Å². The summed E-state index contributed by atoms with van der Waals surface area (Å²) in [7, 11) is 0. The van der Waals surface area contributed by atoms with E-state index in [2.05, 4.69) is 26.4 Å². The van der Waals surface area contributed by atoms with Crippen molar-refractivity contribution < 1.29 is 29.3 Å². The largest absolute Gasteiger partial charge is 0.480 e. The molecule has 7 N–H and O–H groups in total. The first-order valence-corrected chi connectivity index (χ1v) is 10.9. The number of carbonyl (C=O) groups excluding carboxylic acids is 3. The number of amides is 3. The number of nitrogens with zero attached hydrogens (tertiary/aromatic N) is 2. The van der Waals surface area contributed by atoms with E-state index in [4.69, 9.17) is 10.8 Å². The minimum atomic E-state index is -1.23. The standard InChI is InChI=1S/C21H31N7O7/c1-13(2)11-16(19(32)24-12-17(29)30)26-20(33)15(9-6-10-23-21(22)27-28(34)35)25-18(31)14-7-4-3-5-8-14/h3-5,7-8,13,15-16H,6,9-12H2,1-2H3,(H,24,32)(H,25,31)(H,26,33)(H,29,30)(H3,22,23,27)/t15-,16-/m0/s1. The molecule has 0 aromatic heterocycles. The number of nitro groups is 1. The van der Waals surface area contributed by atoms with Crippen molar-refractivity contribution in [3.8, 4) is 0 Å². The van der Waals surface area contributed by atoms with Gasteiger partial charge in [0.2, 0.25) is 11.8 Å². The normalized spacial score (nSPS) is 12.8. The number of nitrogens with one attached hydrogen (secondary N) is 4. The van der Waals surface area contributed by atoms with E-state index in [1.807, 2.05) is 13.8 Å². The van der Waals surface area contributed by atoms with Crippen molar-refractivity contribution in [3.05, 3.63) is 46.0 Å². The van der Waals surface area contributed by atoms with Crippen molar-refractivity contribution >= 4 is 29.7 Å². The highest BCUT2D eigenvalue weighted by Crippen LogP contribution is 2.08. The number of carboxylic acids is 1. The molecule has 1 rings (SSSR count). The van der Waals surface area contributed by atoms with Crippen molar-refractivity contribution in [1.29, 1.82) is 0 Å². The number of hydrogen-bond acceptors (Lipinski definition) is 6. The van der Waals surface area contributed by atoms with E-state index in [9.17, 15) is 29.3 Å². The van der Waals surface area contributed by atoms with Crippen molar-refractivity contribution in [2.45, 2.75) is 45.2 Å². The lowest BCUT2D eigenvalue weighted by atomic mass is 10.0. The van der Waals surface area contributed by atoms with E-state index in [-0.39, 0.29) is 31.7 Å². The lowest BCUT2D eigenvalue weighted by molar-refractivity contribution is -0.485. The third-order valence-electron chi connectivity index (χ3n) is 4.58. The molecule has 0 saturated carbocycles. The van der Waals surface area contributed by atoms with Gasteiger partial charge in [-0.2, -0.15) is 0 Å². The second-order valence-electron chi connectivity index (χ2n) is 7.99. The Bertz CT molecular complexity index is 922. The van der Waals surface area contributed by atoms with Crippen LogP contribution in [0.2, 0.25) is 0 Å². The first-order chi connectivity index (χ1) is 16.5. The first-order valence-electron chi connectivity index (χ1n) is 10.9. The van der Waals surface area contributed by atoms with E-state index in [0.717, 1.165) is 0 Å². The van der Waals surface area contributed by atoms with Gasteiger partial charge in [0, 0.05) is 12.1 Å². The molecule has 3 amide bonds. The highest BCUT2D eigenvalue weighted by Gasteiger charge is 2.27. The Labute approximate surface area is 201 Å². The molecule has 14 nitrogen and oxygen atoms in total. The molecule has 1 aromatic carbocycles. The molecule has 0 aliphatic rings. The van der Waals surface area contributed by atoms with Crippen LogP contribution in [0.25, 0.3) is 0 Å². The Morgan fingerprint density at radius 3 is 2.29 bits per heavy atom. The molecule has 35 heavy (non-hydrogen) atoms. The molecular formula is C21H31N7O7. The molecule has 0 spiro atoms. The molecule has 14 heteroatoms. The van der Waals surface area contributed by atoms with Crippen molar-refractivity contribution in [3.63, 3.8) is 0 Å². The number of guanidine groups is 1. The van der Waals surface area contributed by atoms with Gasteiger partial charge in [-0.1, -0.05) is 32.0 Å². The summed E-state index contributed by atoms with van der Waals surface area (Å²) in [5.41, 5.74) is 5.69. The highest BCUT2D eigenvalue weighted by atomic mass is 16.7. The summed E-state index contributed by atoms with van der Waals surface area (Å²) in [5.74, 6) is -3.44. The van der Waals surface area contributed by atoms with Crippen LogP contribution < -0.4 is 27.0 Å². The van der Waals surface area contributed by atoms with Gasteiger partial charge in [0.05, 0.1) is 0 Å². The number of benzene rings is 1. The Balaban J connectivity index is 2.93. The average Bonchev–Trinajstić information content (AvgIpc) is 2.78. The summed E-state index contributed by atoms with van der Waals surface area (Å²) >= 11 is 0. The van der Waals surface area contributed by atoms with Crippen LogP contribution in [0.3, 0.4) is 0 Å². The monoisotopic (exact) mass is 493 g/mol. The fourth-order valence-corrected chi connectivity index (χ4v) is 3.01. The Hall–Kier alpha value is -4.23. The maximum Gasteiger partial charge on any atom is 0.322 e. The van der Waals surface area contributed by atoms with Crippen LogP contribution in [0.15, 0.2) is 35.4 Å². The minimum Gasteiger partial charge on any atom is -0.480 e. The van der Waals surface area contributed by atoms with Crippen molar-refractivity contribution in [1.82, 2.24) is 21.3 Å². The zero-order chi connectivity index (χ0) is 26.4. The van der Waals surface area contributed by atoms with Crippen LogP contribution in [0.4, 0.5) is 0 Å².